The first-order valence-electron chi connectivity index (χ1n) is 6.26. The normalized spacial score (nSPS) is 10.1. The fraction of sp³-hybridized carbons (Fsp3) is 0.188. The highest BCUT2D eigenvalue weighted by molar-refractivity contribution is 5.93. The molecular weight excluding hydrogens is 304 g/mol. The highest BCUT2D eigenvalue weighted by atomic mass is 16.5. The molecule has 23 heavy (non-hydrogen) atoms. The van der Waals surface area contributed by atoms with Gasteiger partial charge in [-0.3, -0.25) is 0 Å². The summed E-state index contributed by atoms with van der Waals surface area (Å²) in [7, 11) is 2.60. The van der Waals surface area contributed by atoms with E-state index in [4.69, 9.17) is 14.3 Å². The molecule has 0 heterocycles. The zero-order chi connectivity index (χ0) is 17.7. The van der Waals surface area contributed by atoms with Gasteiger partial charge in [0.15, 0.2) is 0 Å². The Bertz CT molecular complexity index is 623. The molecule has 0 N–H and O–H groups in total. The first-order valence-corrected chi connectivity index (χ1v) is 6.26. The van der Waals surface area contributed by atoms with Gasteiger partial charge in [0, 0.05) is 11.1 Å². The molecule has 0 atom stereocenters. The van der Waals surface area contributed by atoms with Crippen LogP contribution in [0, 0.1) is 0 Å². The van der Waals surface area contributed by atoms with Crippen molar-refractivity contribution in [2.75, 3.05) is 14.2 Å². The lowest BCUT2D eigenvalue weighted by Gasteiger charge is -2.05. The van der Waals surface area contributed by atoms with Gasteiger partial charge in [0.1, 0.15) is 5.75 Å². The first kappa shape index (κ1) is 19.8. The summed E-state index contributed by atoms with van der Waals surface area (Å²) in [6.07, 6.45) is 4.28. The minimum absolute atomic E-state index is 0.250. The average Bonchev–Trinajstić information content (AvgIpc) is 2.56. The van der Waals surface area contributed by atoms with E-state index in [0.29, 0.717) is 16.9 Å². The van der Waals surface area contributed by atoms with Crippen LogP contribution < -0.4 is 4.74 Å². The molecular formula is C16H16O7. The molecule has 0 fully saturated rings. The van der Waals surface area contributed by atoms with E-state index in [-0.39, 0.29) is 6.15 Å². The maximum absolute atomic E-state index is 11.4. The summed E-state index contributed by atoms with van der Waals surface area (Å²) in [6.45, 7) is 1.65. The predicted molar refractivity (Wildman–Crippen MR) is 78.9 cm³/mol. The Morgan fingerprint density at radius 2 is 1.70 bits per heavy atom. The number of esters is 2. The fourth-order valence-corrected chi connectivity index (χ4v) is 1.39. The molecule has 0 saturated heterocycles. The van der Waals surface area contributed by atoms with E-state index in [1.165, 1.54) is 20.5 Å². The summed E-state index contributed by atoms with van der Waals surface area (Å²) in [5.41, 5.74) is 1.14. The van der Waals surface area contributed by atoms with Gasteiger partial charge in [0.05, 0.1) is 26.6 Å². The molecule has 0 aromatic heterocycles. The summed E-state index contributed by atoms with van der Waals surface area (Å²) in [5.74, 6) is -0.412. The zero-order valence-electron chi connectivity index (χ0n) is 12.9. The van der Waals surface area contributed by atoms with Crippen molar-refractivity contribution in [1.29, 1.82) is 0 Å². The summed E-state index contributed by atoms with van der Waals surface area (Å²) in [4.78, 5) is 38.5. The van der Waals surface area contributed by atoms with Gasteiger partial charge in [-0.05, 0) is 19.1 Å². The molecule has 7 nitrogen and oxygen atoms in total. The lowest BCUT2D eigenvalue weighted by molar-refractivity contribution is -0.191. The van der Waals surface area contributed by atoms with Crippen molar-refractivity contribution in [3.05, 3.63) is 47.7 Å². The van der Waals surface area contributed by atoms with Crippen molar-refractivity contribution in [3.8, 4) is 5.75 Å². The Balaban J connectivity index is 0.00000149. The molecule has 7 heteroatoms. The maximum atomic E-state index is 11.4. The van der Waals surface area contributed by atoms with Crippen LogP contribution in [-0.2, 0) is 28.7 Å². The Morgan fingerprint density at radius 1 is 1.09 bits per heavy atom. The number of benzene rings is 1. The molecule has 0 aliphatic heterocycles. The molecule has 0 amide bonds. The van der Waals surface area contributed by atoms with Crippen LogP contribution in [0.3, 0.4) is 0 Å². The van der Waals surface area contributed by atoms with Crippen molar-refractivity contribution >= 4 is 24.2 Å². The number of rotatable bonds is 5. The van der Waals surface area contributed by atoms with Crippen LogP contribution in [0.5, 0.6) is 5.75 Å². The minimum Gasteiger partial charge on any atom is -0.466 e. The van der Waals surface area contributed by atoms with Gasteiger partial charge in [-0.1, -0.05) is 18.2 Å². The van der Waals surface area contributed by atoms with E-state index in [2.05, 4.69) is 9.47 Å². The van der Waals surface area contributed by atoms with Crippen LogP contribution in [-0.4, -0.2) is 32.3 Å². The Hall–Kier alpha value is -3.18. The Morgan fingerprint density at radius 3 is 2.26 bits per heavy atom. The second-order valence-corrected chi connectivity index (χ2v) is 3.88. The van der Waals surface area contributed by atoms with Crippen LogP contribution in [0.25, 0.3) is 6.08 Å². The molecule has 0 saturated carbocycles. The van der Waals surface area contributed by atoms with Crippen LogP contribution >= 0.6 is 0 Å². The average molecular weight is 320 g/mol. The predicted octanol–water partition coefficient (Wildman–Crippen LogP) is 1.74. The first-order chi connectivity index (χ1) is 11.0. The van der Waals surface area contributed by atoms with E-state index in [0.717, 1.165) is 6.08 Å². The molecule has 0 spiro atoms. The summed E-state index contributed by atoms with van der Waals surface area (Å²) in [5, 5.41) is 0. The second-order valence-electron chi connectivity index (χ2n) is 3.88. The van der Waals surface area contributed by atoms with Crippen molar-refractivity contribution in [2.45, 2.75) is 6.92 Å². The lowest BCUT2D eigenvalue weighted by Crippen LogP contribution is -2.01. The van der Waals surface area contributed by atoms with Gasteiger partial charge in [0.2, 0.25) is 0 Å². The standard InChI is InChI=1S/C15H16O5.CO2/c1-11(15(17)19-3)10-12-6-4-5-7-13(12)20-9-8-14(16)18-2;2-1-3/h4-10H,1-3H3;/b9-8+,11-10+;. The van der Waals surface area contributed by atoms with Crippen molar-refractivity contribution in [1.82, 2.24) is 0 Å². The quantitative estimate of drug-likeness (QED) is 0.463. The number of methoxy groups -OCH3 is 2. The van der Waals surface area contributed by atoms with Crippen LogP contribution in [0.2, 0.25) is 0 Å². The molecule has 0 radical (unpaired) electrons. The van der Waals surface area contributed by atoms with E-state index in [1.807, 2.05) is 6.07 Å². The number of hydrogen-bond acceptors (Lipinski definition) is 7. The van der Waals surface area contributed by atoms with E-state index < -0.39 is 11.9 Å². The highest BCUT2D eigenvalue weighted by Gasteiger charge is 2.06. The molecule has 0 aliphatic rings. The van der Waals surface area contributed by atoms with E-state index >= 15 is 0 Å². The molecule has 1 aromatic rings. The fourth-order valence-electron chi connectivity index (χ4n) is 1.39. The largest absolute Gasteiger partial charge is 0.466 e. The number of carbonyl (C=O) groups excluding carboxylic acids is 4. The van der Waals surface area contributed by atoms with Crippen molar-refractivity contribution < 1.29 is 33.4 Å². The highest BCUT2D eigenvalue weighted by Crippen LogP contribution is 2.21. The van der Waals surface area contributed by atoms with Gasteiger partial charge < -0.3 is 14.2 Å². The third kappa shape index (κ3) is 7.99. The molecule has 0 aliphatic carbocycles. The smallest absolute Gasteiger partial charge is 0.373 e. The summed E-state index contributed by atoms with van der Waals surface area (Å²) >= 11 is 0. The molecule has 0 unspecified atom stereocenters. The zero-order valence-corrected chi connectivity index (χ0v) is 12.9. The lowest BCUT2D eigenvalue weighted by atomic mass is 10.1. The Kier molecular flexibility index (Phi) is 9.89. The van der Waals surface area contributed by atoms with Crippen LogP contribution in [0.15, 0.2) is 42.2 Å². The Labute approximate surface area is 133 Å². The molecule has 1 rings (SSSR count). The molecule has 0 bridgehead atoms. The van der Waals surface area contributed by atoms with E-state index in [9.17, 15) is 9.59 Å². The number of carbonyl (C=O) groups is 2. The van der Waals surface area contributed by atoms with Gasteiger partial charge in [-0.2, -0.15) is 9.59 Å². The third-order valence-electron chi connectivity index (χ3n) is 2.40. The monoisotopic (exact) mass is 320 g/mol. The molecule has 122 valence electrons. The van der Waals surface area contributed by atoms with Gasteiger partial charge in [0.25, 0.3) is 0 Å². The van der Waals surface area contributed by atoms with Gasteiger partial charge in [-0.25, -0.2) is 9.59 Å². The SMILES string of the molecule is COC(=O)/C=C/Oc1ccccc1/C=C(\C)C(=O)OC.O=C=O. The topological polar surface area (TPSA) is 96.0 Å². The second kappa shape index (κ2) is 11.5. The van der Waals surface area contributed by atoms with Crippen LogP contribution in [0.1, 0.15) is 12.5 Å². The van der Waals surface area contributed by atoms with Crippen molar-refractivity contribution in [2.24, 2.45) is 0 Å². The summed E-state index contributed by atoms with van der Waals surface area (Å²) < 4.78 is 14.4. The van der Waals surface area contributed by atoms with Gasteiger partial charge in [-0.15, -0.1) is 0 Å². The summed E-state index contributed by atoms with van der Waals surface area (Å²) in [6, 6.07) is 7.10. The number of para-hydroxylation sites is 1. The maximum Gasteiger partial charge on any atom is 0.373 e. The van der Waals surface area contributed by atoms with Crippen molar-refractivity contribution in [3.63, 3.8) is 0 Å². The van der Waals surface area contributed by atoms with Crippen LogP contribution in [0.4, 0.5) is 0 Å². The minimum atomic E-state index is -0.510. The third-order valence-corrected chi connectivity index (χ3v) is 2.40. The van der Waals surface area contributed by atoms with E-state index in [1.54, 1.807) is 31.2 Å². The number of hydrogen-bond donors (Lipinski definition) is 0. The number of ether oxygens (including phenoxy) is 3. The molecule has 1 aromatic carbocycles. The van der Waals surface area contributed by atoms with Gasteiger partial charge >= 0.3 is 18.1 Å².